The SMILES string of the molecule is O=C(CSc1nc2ccccc2c(=O)n1C1CC1)Nc1ccccc1Cl. The number of anilines is 1. The number of hydrogen-bond donors (Lipinski definition) is 1. The molecular formula is C19H16ClN3O2S. The Hall–Kier alpha value is -2.31. The number of nitrogens with one attached hydrogen (secondary N) is 1. The van der Waals surface area contributed by atoms with Gasteiger partial charge in [-0.2, -0.15) is 0 Å². The lowest BCUT2D eigenvalue weighted by Crippen LogP contribution is -2.23. The zero-order valence-corrected chi connectivity index (χ0v) is 15.4. The van der Waals surface area contributed by atoms with Crippen LogP contribution in [0.15, 0.2) is 58.5 Å². The molecule has 26 heavy (non-hydrogen) atoms. The van der Waals surface area contributed by atoms with Crippen molar-refractivity contribution in [3.05, 3.63) is 63.9 Å². The van der Waals surface area contributed by atoms with Gasteiger partial charge in [0.2, 0.25) is 5.91 Å². The van der Waals surface area contributed by atoms with E-state index in [1.165, 1.54) is 11.8 Å². The van der Waals surface area contributed by atoms with E-state index in [2.05, 4.69) is 10.3 Å². The summed E-state index contributed by atoms with van der Waals surface area (Å²) in [7, 11) is 0. The molecule has 4 rings (SSSR count). The minimum Gasteiger partial charge on any atom is -0.324 e. The number of carbonyl (C=O) groups is 1. The lowest BCUT2D eigenvalue weighted by molar-refractivity contribution is -0.113. The molecule has 0 radical (unpaired) electrons. The highest BCUT2D eigenvalue weighted by atomic mass is 35.5. The number of para-hydroxylation sites is 2. The molecule has 0 saturated heterocycles. The van der Waals surface area contributed by atoms with Crippen molar-refractivity contribution in [2.75, 3.05) is 11.1 Å². The van der Waals surface area contributed by atoms with Gasteiger partial charge in [0.15, 0.2) is 5.16 Å². The van der Waals surface area contributed by atoms with E-state index in [9.17, 15) is 9.59 Å². The molecule has 1 saturated carbocycles. The Balaban J connectivity index is 1.57. The predicted octanol–water partition coefficient (Wildman–Crippen LogP) is 4.12. The molecule has 1 aliphatic rings. The van der Waals surface area contributed by atoms with Gasteiger partial charge in [-0.1, -0.05) is 47.6 Å². The summed E-state index contributed by atoms with van der Waals surface area (Å²) in [6.45, 7) is 0. The molecule has 1 aromatic heterocycles. The van der Waals surface area contributed by atoms with Gasteiger partial charge in [0, 0.05) is 6.04 Å². The fourth-order valence-corrected chi connectivity index (χ4v) is 3.81. The molecule has 0 aliphatic heterocycles. The maximum Gasteiger partial charge on any atom is 0.262 e. The molecule has 132 valence electrons. The van der Waals surface area contributed by atoms with Crippen LogP contribution in [0.2, 0.25) is 5.02 Å². The number of carbonyl (C=O) groups excluding carboxylic acids is 1. The summed E-state index contributed by atoms with van der Waals surface area (Å²) in [6.07, 6.45) is 1.94. The van der Waals surface area contributed by atoms with E-state index in [0.717, 1.165) is 12.8 Å². The molecule has 5 nitrogen and oxygen atoms in total. The molecule has 0 bridgehead atoms. The van der Waals surface area contributed by atoms with E-state index >= 15 is 0 Å². The Morgan fingerprint density at radius 1 is 1.19 bits per heavy atom. The van der Waals surface area contributed by atoms with Gasteiger partial charge in [0.05, 0.1) is 27.4 Å². The van der Waals surface area contributed by atoms with Crippen LogP contribution in [0, 0.1) is 0 Å². The summed E-state index contributed by atoms with van der Waals surface area (Å²) in [4.78, 5) is 29.7. The van der Waals surface area contributed by atoms with Crippen LogP contribution < -0.4 is 10.9 Å². The van der Waals surface area contributed by atoms with Crippen LogP contribution >= 0.6 is 23.4 Å². The van der Waals surface area contributed by atoms with E-state index in [1.807, 2.05) is 24.3 Å². The average Bonchev–Trinajstić information content (AvgIpc) is 3.47. The number of thioether (sulfide) groups is 1. The maximum atomic E-state index is 12.8. The molecule has 1 aliphatic carbocycles. The summed E-state index contributed by atoms with van der Waals surface area (Å²) < 4.78 is 1.73. The van der Waals surface area contributed by atoms with Crippen LogP contribution in [0.4, 0.5) is 5.69 Å². The molecule has 0 unspecified atom stereocenters. The summed E-state index contributed by atoms with van der Waals surface area (Å²) in [5.41, 5.74) is 1.20. The maximum absolute atomic E-state index is 12.8. The summed E-state index contributed by atoms with van der Waals surface area (Å²) in [6, 6.07) is 14.6. The van der Waals surface area contributed by atoms with E-state index in [4.69, 9.17) is 11.6 Å². The van der Waals surface area contributed by atoms with Crippen LogP contribution in [0.3, 0.4) is 0 Å². The summed E-state index contributed by atoms with van der Waals surface area (Å²) >= 11 is 7.34. The normalized spacial score (nSPS) is 13.7. The monoisotopic (exact) mass is 385 g/mol. The van der Waals surface area contributed by atoms with E-state index in [1.54, 1.807) is 28.8 Å². The van der Waals surface area contributed by atoms with Crippen molar-refractivity contribution in [1.29, 1.82) is 0 Å². The first kappa shape index (κ1) is 17.1. The van der Waals surface area contributed by atoms with Crippen LogP contribution in [0.25, 0.3) is 10.9 Å². The van der Waals surface area contributed by atoms with Gasteiger partial charge < -0.3 is 5.32 Å². The van der Waals surface area contributed by atoms with Crippen LogP contribution in [0.5, 0.6) is 0 Å². The Morgan fingerprint density at radius 2 is 1.92 bits per heavy atom. The van der Waals surface area contributed by atoms with E-state index < -0.39 is 0 Å². The lowest BCUT2D eigenvalue weighted by Gasteiger charge is -2.12. The number of halogens is 1. The molecule has 1 N–H and O–H groups in total. The van der Waals surface area contributed by atoms with Crippen molar-refractivity contribution in [3.8, 4) is 0 Å². The minimum absolute atomic E-state index is 0.0351. The van der Waals surface area contributed by atoms with Gasteiger partial charge in [0.25, 0.3) is 5.56 Å². The van der Waals surface area contributed by atoms with E-state index in [-0.39, 0.29) is 23.3 Å². The fraction of sp³-hybridized carbons (Fsp3) is 0.211. The number of benzene rings is 2. The third-order valence-corrected chi connectivity index (χ3v) is 5.45. The molecule has 7 heteroatoms. The first-order valence-corrected chi connectivity index (χ1v) is 9.68. The molecular weight excluding hydrogens is 370 g/mol. The zero-order chi connectivity index (χ0) is 18.1. The quantitative estimate of drug-likeness (QED) is 0.530. The second-order valence-electron chi connectivity index (χ2n) is 6.13. The first-order chi connectivity index (χ1) is 12.6. The second kappa shape index (κ2) is 7.13. The van der Waals surface area contributed by atoms with Gasteiger partial charge >= 0.3 is 0 Å². The number of fused-ring (bicyclic) bond motifs is 1. The summed E-state index contributed by atoms with van der Waals surface area (Å²) in [5.74, 6) is -0.0317. The smallest absolute Gasteiger partial charge is 0.262 e. The third-order valence-electron chi connectivity index (χ3n) is 4.17. The van der Waals surface area contributed by atoms with Gasteiger partial charge in [-0.15, -0.1) is 0 Å². The third kappa shape index (κ3) is 3.48. The van der Waals surface area contributed by atoms with Gasteiger partial charge in [0.1, 0.15) is 0 Å². The van der Waals surface area contributed by atoms with Crippen molar-refractivity contribution in [2.24, 2.45) is 0 Å². The van der Waals surface area contributed by atoms with Crippen molar-refractivity contribution in [1.82, 2.24) is 9.55 Å². The van der Waals surface area contributed by atoms with Crippen LogP contribution in [-0.4, -0.2) is 21.2 Å². The minimum atomic E-state index is -0.187. The van der Waals surface area contributed by atoms with E-state index in [0.29, 0.717) is 26.8 Å². The van der Waals surface area contributed by atoms with Crippen molar-refractivity contribution < 1.29 is 4.79 Å². The van der Waals surface area contributed by atoms with Gasteiger partial charge in [-0.25, -0.2) is 4.98 Å². The highest BCUT2D eigenvalue weighted by molar-refractivity contribution is 7.99. The number of amides is 1. The standard InChI is InChI=1S/C19H16ClN3O2S/c20-14-6-2-4-8-16(14)21-17(24)11-26-19-22-15-7-3-1-5-13(15)18(25)23(19)12-9-10-12/h1-8,12H,9-11H2,(H,21,24). The molecule has 2 aromatic carbocycles. The second-order valence-corrected chi connectivity index (χ2v) is 7.48. The van der Waals surface area contributed by atoms with Gasteiger partial charge in [-0.3, -0.25) is 14.2 Å². The Morgan fingerprint density at radius 3 is 2.69 bits per heavy atom. The Bertz CT molecular complexity index is 1050. The highest BCUT2D eigenvalue weighted by Gasteiger charge is 2.28. The highest BCUT2D eigenvalue weighted by Crippen LogP contribution is 2.36. The van der Waals surface area contributed by atoms with Crippen molar-refractivity contribution in [2.45, 2.75) is 24.0 Å². The zero-order valence-electron chi connectivity index (χ0n) is 13.8. The lowest BCUT2D eigenvalue weighted by atomic mass is 10.2. The number of rotatable bonds is 5. The molecule has 1 amide bonds. The van der Waals surface area contributed by atoms with Gasteiger partial charge in [-0.05, 0) is 37.1 Å². The molecule has 1 fully saturated rings. The first-order valence-electron chi connectivity index (χ1n) is 8.32. The molecule has 1 heterocycles. The summed E-state index contributed by atoms with van der Waals surface area (Å²) in [5, 5.41) is 4.48. The molecule has 3 aromatic rings. The fourth-order valence-electron chi connectivity index (χ4n) is 2.76. The Labute approximate surface area is 159 Å². The number of nitrogens with zero attached hydrogens (tertiary/aromatic N) is 2. The molecule has 0 atom stereocenters. The Kier molecular flexibility index (Phi) is 4.70. The number of aromatic nitrogens is 2. The average molecular weight is 386 g/mol. The predicted molar refractivity (Wildman–Crippen MR) is 105 cm³/mol. The van der Waals surface area contributed by atoms with Crippen molar-refractivity contribution in [3.63, 3.8) is 0 Å². The van der Waals surface area contributed by atoms with Crippen molar-refractivity contribution >= 4 is 45.9 Å². The van der Waals surface area contributed by atoms with Crippen LogP contribution in [0.1, 0.15) is 18.9 Å². The number of hydrogen-bond acceptors (Lipinski definition) is 4. The molecule has 0 spiro atoms. The topological polar surface area (TPSA) is 64.0 Å². The van der Waals surface area contributed by atoms with Crippen LogP contribution in [-0.2, 0) is 4.79 Å². The largest absolute Gasteiger partial charge is 0.324 e.